The number of nitrogens with zero attached hydrogens (tertiary/aromatic N) is 3. The molecule has 8 nitrogen and oxygen atoms in total. The molecule has 0 saturated carbocycles. The molecule has 2 heterocycles. The minimum Gasteiger partial charge on any atom is -0.355 e. The van der Waals surface area contributed by atoms with Gasteiger partial charge in [0, 0.05) is 35.6 Å². The summed E-state index contributed by atoms with van der Waals surface area (Å²) in [5, 5.41) is 9.22. The SMILES string of the molecule is CNC(=O)c1cccc(-n2c(Nc3ccc(C(=O)NC4CCN(C)CC4)cc3)nc3ccccc32)c1. The largest absolute Gasteiger partial charge is 0.355 e. The highest BCUT2D eigenvalue weighted by molar-refractivity contribution is 5.95. The number of para-hydroxylation sites is 2. The van der Waals surface area contributed by atoms with Crippen molar-refractivity contribution in [3.05, 3.63) is 83.9 Å². The van der Waals surface area contributed by atoms with Crippen LogP contribution in [0, 0.1) is 0 Å². The van der Waals surface area contributed by atoms with Crippen LogP contribution in [0.4, 0.5) is 11.6 Å². The number of benzene rings is 3. The molecule has 3 N–H and O–H groups in total. The summed E-state index contributed by atoms with van der Waals surface area (Å²) in [5.41, 5.74) is 4.58. The van der Waals surface area contributed by atoms with E-state index in [2.05, 4.69) is 27.9 Å². The second kappa shape index (κ2) is 10.2. The van der Waals surface area contributed by atoms with Crippen LogP contribution in [0.1, 0.15) is 33.6 Å². The van der Waals surface area contributed by atoms with E-state index in [0.717, 1.165) is 48.3 Å². The lowest BCUT2D eigenvalue weighted by molar-refractivity contribution is 0.0915. The number of hydrogen-bond donors (Lipinski definition) is 3. The van der Waals surface area contributed by atoms with Crippen LogP contribution in [-0.4, -0.2) is 59.5 Å². The van der Waals surface area contributed by atoms with Gasteiger partial charge in [-0.25, -0.2) is 4.98 Å². The maximum Gasteiger partial charge on any atom is 0.251 e. The Balaban J connectivity index is 1.39. The zero-order valence-electron chi connectivity index (χ0n) is 20.5. The number of aromatic nitrogens is 2. The third-order valence-corrected chi connectivity index (χ3v) is 6.61. The van der Waals surface area contributed by atoms with Crippen LogP contribution in [0.3, 0.4) is 0 Å². The molecule has 3 aromatic carbocycles. The van der Waals surface area contributed by atoms with Crippen LogP contribution >= 0.6 is 0 Å². The average Bonchev–Trinajstić information content (AvgIpc) is 3.27. The molecule has 1 aliphatic heterocycles. The lowest BCUT2D eigenvalue weighted by atomic mass is 10.0. The van der Waals surface area contributed by atoms with Crippen molar-refractivity contribution in [3.63, 3.8) is 0 Å². The number of piperidine rings is 1. The van der Waals surface area contributed by atoms with Gasteiger partial charge in [-0.3, -0.25) is 14.2 Å². The van der Waals surface area contributed by atoms with Crippen molar-refractivity contribution in [3.8, 4) is 5.69 Å². The Hall–Kier alpha value is -4.17. The van der Waals surface area contributed by atoms with Gasteiger partial charge < -0.3 is 20.9 Å². The molecule has 0 unspecified atom stereocenters. The minimum atomic E-state index is -0.148. The smallest absolute Gasteiger partial charge is 0.251 e. The van der Waals surface area contributed by atoms with E-state index in [4.69, 9.17) is 4.98 Å². The Morgan fingerprint density at radius 3 is 2.39 bits per heavy atom. The first-order valence-electron chi connectivity index (χ1n) is 12.2. The topological polar surface area (TPSA) is 91.3 Å². The predicted molar refractivity (Wildman–Crippen MR) is 142 cm³/mol. The van der Waals surface area contributed by atoms with Gasteiger partial charge in [0.2, 0.25) is 5.95 Å². The summed E-state index contributed by atoms with van der Waals surface area (Å²) >= 11 is 0. The second-order valence-electron chi connectivity index (χ2n) is 9.14. The zero-order chi connectivity index (χ0) is 25.1. The molecule has 0 spiro atoms. The number of likely N-dealkylation sites (tertiary alicyclic amines) is 1. The standard InChI is InChI=1S/C28H30N6O2/c1-29-26(35)20-6-5-7-23(18-20)34-25-9-4-3-8-24(25)32-28(34)31-21-12-10-19(11-13-21)27(36)30-22-14-16-33(2)17-15-22/h3-13,18,22H,14-17H2,1-2H3,(H,29,35)(H,30,36)(H,31,32). The molecule has 184 valence electrons. The van der Waals surface area contributed by atoms with Crippen LogP contribution in [-0.2, 0) is 0 Å². The van der Waals surface area contributed by atoms with E-state index in [1.54, 1.807) is 13.1 Å². The van der Waals surface area contributed by atoms with E-state index < -0.39 is 0 Å². The van der Waals surface area contributed by atoms with Crippen LogP contribution in [0.15, 0.2) is 72.8 Å². The number of nitrogens with one attached hydrogen (secondary N) is 3. The summed E-state index contributed by atoms with van der Waals surface area (Å²) in [6, 6.07) is 22.9. The maximum atomic E-state index is 12.7. The highest BCUT2D eigenvalue weighted by atomic mass is 16.2. The van der Waals surface area contributed by atoms with E-state index in [1.807, 2.05) is 71.3 Å². The minimum absolute atomic E-state index is 0.0469. The molecule has 1 fully saturated rings. The first kappa shape index (κ1) is 23.6. The molecule has 0 aliphatic carbocycles. The van der Waals surface area contributed by atoms with E-state index in [1.165, 1.54) is 0 Å². The highest BCUT2D eigenvalue weighted by Gasteiger charge is 2.19. The molecular formula is C28H30N6O2. The van der Waals surface area contributed by atoms with Gasteiger partial charge in [0.1, 0.15) is 0 Å². The van der Waals surface area contributed by atoms with Gasteiger partial charge in [-0.15, -0.1) is 0 Å². The summed E-state index contributed by atoms with van der Waals surface area (Å²) in [7, 11) is 3.73. The number of imidazole rings is 1. The van der Waals surface area contributed by atoms with E-state index in [-0.39, 0.29) is 17.9 Å². The van der Waals surface area contributed by atoms with Gasteiger partial charge in [0.25, 0.3) is 11.8 Å². The molecule has 0 atom stereocenters. The molecule has 5 rings (SSSR count). The lowest BCUT2D eigenvalue weighted by Gasteiger charge is -2.29. The molecule has 0 radical (unpaired) electrons. The van der Waals surface area contributed by atoms with Crippen molar-refractivity contribution in [1.82, 2.24) is 25.1 Å². The Bertz CT molecular complexity index is 1390. The van der Waals surface area contributed by atoms with Crippen molar-refractivity contribution in [2.45, 2.75) is 18.9 Å². The summed E-state index contributed by atoms with van der Waals surface area (Å²) in [5.74, 6) is 0.424. The molecular weight excluding hydrogens is 452 g/mol. The quantitative estimate of drug-likeness (QED) is 0.387. The van der Waals surface area contributed by atoms with Gasteiger partial charge in [-0.2, -0.15) is 0 Å². The number of hydrogen-bond acceptors (Lipinski definition) is 5. The number of carbonyl (C=O) groups is 2. The van der Waals surface area contributed by atoms with Crippen molar-refractivity contribution < 1.29 is 9.59 Å². The van der Waals surface area contributed by atoms with Gasteiger partial charge in [-0.1, -0.05) is 18.2 Å². The number of amides is 2. The Kier molecular flexibility index (Phi) is 6.69. The van der Waals surface area contributed by atoms with Crippen molar-refractivity contribution in [1.29, 1.82) is 0 Å². The molecule has 36 heavy (non-hydrogen) atoms. The first-order valence-corrected chi connectivity index (χ1v) is 12.2. The maximum absolute atomic E-state index is 12.7. The number of carbonyl (C=O) groups excluding carboxylic acids is 2. The van der Waals surface area contributed by atoms with E-state index in [0.29, 0.717) is 17.1 Å². The third kappa shape index (κ3) is 4.94. The fraction of sp³-hybridized carbons (Fsp3) is 0.250. The van der Waals surface area contributed by atoms with Crippen molar-refractivity contribution >= 4 is 34.5 Å². The third-order valence-electron chi connectivity index (χ3n) is 6.61. The molecule has 1 aliphatic rings. The Labute approximate surface area is 210 Å². The summed E-state index contributed by atoms with van der Waals surface area (Å²) in [6.07, 6.45) is 1.94. The van der Waals surface area contributed by atoms with Crippen molar-refractivity contribution in [2.75, 3.05) is 32.5 Å². The van der Waals surface area contributed by atoms with Gasteiger partial charge >= 0.3 is 0 Å². The Morgan fingerprint density at radius 2 is 1.64 bits per heavy atom. The molecule has 8 heteroatoms. The predicted octanol–water partition coefficient (Wildman–Crippen LogP) is 3.95. The Morgan fingerprint density at radius 1 is 0.889 bits per heavy atom. The first-order chi connectivity index (χ1) is 17.5. The lowest BCUT2D eigenvalue weighted by Crippen LogP contribution is -2.43. The van der Waals surface area contributed by atoms with Crippen LogP contribution < -0.4 is 16.0 Å². The summed E-state index contributed by atoms with van der Waals surface area (Å²) < 4.78 is 1.99. The normalized spacial score (nSPS) is 14.5. The fourth-order valence-corrected chi connectivity index (χ4v) is 4.56. The summed E-state index contributed by atoms with van der Waals surface area (Å²) in [4.78, 5) is 32.0. The van der Waals surface area contributed by atoms with Gasteiger partial charge in [0.05, 0.1) is 11.0 Å². The molecule has 2 amide bonds. The summed E-state index contributed by atoms with van der Waals surface area (Å²) in [6.45, 7) is 2.00. The van der Waals surface area contributed by atoms with Crippen molar-refractivity contribution in [2.24, 2.45) is 0 Å². The highest BCUT2D eigenvalue weighted by Crippen LogP contribution is 2.27. The fourth-order valence-electron chi connectivity index (χ4n) is 4.56. The van der Waals surface area contributed by atoms with Crippen LogP contribution in [0.25, 0.3) is 16.7 Å². The average molecular weight is 483 g/mol. The second-order valence-corrected chi connectivity index (χ2v) is 9.14. The zero-order valence-corrected chi connectivity index (χ0v) is 20.5. The molecule has 4 aromatic rings. The number of fused-ring (bicyclic) bond motifs is 1. The van der Waals surface area contributed by atoms with Crippen LogP contribution in [0.2, 0.25) is 0 Å². The molecule has 1 aromatic heterocycles. The van der Waals surface area contributed by atoms with Crippen LogP contribution in [0.5, 0.6) is 0 Å². The van der Waals surface area contributed by atoms with E-state index in [9.17, 15) is 9.59 Å². The van der Waals surface area contributed by atoms with E-state index >= 15 is 0 Å². The monoisotopic (exact) mass is 482 g/mol. The molecule has 1 saturated heterocycles. The van der Waals surface area contributed by atoms with Gasteiger partial charge in [0.15, 0.2) is 0 Å². The number of rotatable bonds is 6. The number of anilines is 2. The molecule has 0 bridgehead atoms. The van der Waals surface area contributed by atoms with Gasteiger partial charge in [-0.05, 0) is 87.6 Å².